The van der Waals surface area contributed by atoms with Crippen LogP contribution in [-0.4, -0.2) is 17.9 Å². The molecule has 0 aliphatic heterocycles. The normalized spacial score (nSPS) is 15.6. The lowest BCUT2D eigenvalue weighted by Gasteiger charge is -2.20. The summed E-state index contributed by atoms with van der Waals surface area (Å²) >= 11 is 0. The summed E-state index contributed by atoms with van der Waals surface area (Å²) in [5, 5.41) is 0. The first kappa shape index (κ1) is 12.9. The Morgan fingerprint density at radius 3 is 2.50 bits per heavy atom. The van der Waals surface area contributed by atoms with E-state index in [1.54, 1.807) is 13.1 Å². The largest absolute Gasteiger partial charge is 0.416 e. The molecular weight excluding hydrogens is 243 g/mol. The second kappa shape index (κ2) is 4.63. The summed E-state index contributed by atoms with van der Waals surface area (Å²) in [7, 11) is 1.55. The lowest BCUT2D eigenvalue weighted by Crippen LogP contribution is -2.28. The van der Waals surface area contributed by atoms with Crippen molar-refractivity contribution in [3.63, 3.8) is 0 Å². The fraction of sp³-hybridized carbons (Fsp3) is 0.462. The monoisotopic (exact) mass is 257 g/mol. The summed E-state index contributed by atoms with van der Waals surface area (Å²) in [4.78, 5) is 13.1. The molecule has 0 unspecified atom stereocenters. The van der Waals surface area contributed by atoms with Gasteiger partial charge in [0.2, 0.25) is 5.91 Å². The van der Waals surface area contributed by atoms with Gasteiger partial charge in [-0.15, -0.1) is 0 Å². The molecular formula is C13H14F3NO. The van der Waals surface area contributed by atoms with Crippen LogP contribution in [0.1, 0.15) is 24.0 Å². The summed E-state index contributed by atoms with van der Waals surface area (Å²) in [6.07, 6.45) is -2.67. The van der Waals surface area contributed by atoms with Gasteiger partial charge in [-0.2, -0.15) is 13.2 Å². The van der Waals surface area contributed by atoms with E-state index in [1.165, 1.54) is 17.0 Å². The fourth-order valence-corrected chi connectivity index (χ4v) is 1.91. The van der Waals surface area contributed by atoms with Crippen molar-refractivity contribution in [2.75, 3.05) is 7.05 Å². The zero-order valence-electron chi connectivity index (χ0n) is 10.00. The van der Waals surface area contributed by atoms with E-state index in [0.717, 1.165) is 18.9 Å². The topological polar surface area (TPSA) is 20.3 Å². The van der Waals surface area contributed by atoms with Crippen LogP contribution in [0.4, 0.5) is 13.2 Å². The van der Waals surface area contributed by atoms with Gasteiger partial charge in [0.15, 0.2) is 0 Å². The number of carbonyl (C=O) groups excluding carboxylic acids is 1. The van der Waals surface area contributed by atoms with Gasteiger partial charge >= 0.3 is 6.18 Å². The van der Waals surface area contributed by atoms with Gasteiger partial charge < -0.3 is 4.90 Å². The van der Waals surface area contributed by atoms with Crippen molar-refractivity contribution in [2.24, 2.45) is 5.92 Å². The van der Waals surface area contributed by atoms with Crippen molar-refractivity contribution in [1.82, 2.24) is 4.90 Å². The third-order valence-corrected chi connectivity index (χ3v) is 3.03. The van der Waals surface area contributed by atoms with Crippen LogP contribution in [0.3, 0.4) is 0 Å². The summed E-state index contributed by atoms with van der Waals surface area (Å²) in [5.74, 6) is -0.0416. The maximum atomic E-state index is 12.8. The molecule has 1 amide bonds. The van der Waals surface area contributed by atoms with Gasteiger partial charge in [0.1, 0.15) is 0 Å². The number of hydrogen-bond acceptors (Lipinski definition) is 1. The van der Waals surface area contributed by atoms with Gasteiger partial charge in [0.25, 0.3) is 0 Å². The van der Waals surface area contributed by atoms with E-state index in [4.69, 9.17) is 0 Å². The molecule has 1 saturated carbocycles. The minimum atomic E-state index is -4.37. The number of halogens is 3. The molecule has 0 atom stereocenters. The van der Waals surface area contributed by atoms with Gasteiger partial charge in [0.05, 0.1) is 5.56 Å². The van der Waals surface area contributed by atoms with E-state index in [1.807, 2.05) is 0 Å². The first-order valence-corrected chi connectivity index (χ1v) is 5.79. The van der Waals surface area contributed by atoms with Crippen LogP contribution in [0.5, 0.6) is 0 Å². The van der Waals surface area contributed by atoms with Gasteiger partial charge in [0, 0.05) is 19.5 Å². The van der Waals surface area contributed by atoms with E-state index in [-0.39, 0.29) is 23.9 Å². The summed E-state index contributed by atoms with van der Waals surface area (Å²) in [6, 6.07) is 5.37. The fourth-order valence-electron chi connectivity index (χ4n) is 1.91. The molecule has 18 heavy (non-hydrogen) atoms. The molecule has 0 aromatic heterocycles. The maximum absolute atomic E-state index is 12.8. The van der Waals surface area contributed by atoms with E-state index in [0.29, 0.717) is 0 Å². The van der Waals surface area contributed by atoms with Crippen LogP contribution in [0, 0.1) is 5.92 Å². The van der Waals surface area contributed by atoms with E-state index in [9.17, 15) is 18.0 Å². The predicted molar refractivity (Wildman–Crippen MR) is 60.6 cm³/mol. The molecule has 0 spiro atoms. The Morgan fingerprint density at radius 2 is 1.94 bits per heavy atom. The minimum absolute atomic E-state index is 0.00498. The quantitative estimate of drug-likeness (QED) is 0.815. The van der Waals surface area contributed by atoms with Gasteiger partial charge in [-0.25, -0.2) is 0 Å². The van der Waals surface area contributed by atoms with Gasteiger partial charge in [-0.3, -0.25) is 4.79 Å². The lowest BCUT2D eigenvalue weighted by molar-refractivity contribution is -0.139. The number of nitrogens with zero attached hydrogens (tertiary/aromatic N) is 1. The number of carbonyl (C=O) groups is 1. The summed E-state index contributed by atoms with van der Waals surface area (Å²) in [6.45, 7) is 0.00498. The highest BCUT2D eigenvalue weighted by Gasteiger charge is 2.35. The Bertz CT molecular complexity index is 452. The molecule has 0 N–H and O–H groups in total. The SMILES string of the molecule is CN(Cc1ccccc1C(F)(F)F)C(=O)C1CC1. The molecule has 1 aromatic rings. The molecule has 1 aliphatic rings. The van der Waals surface area contributed by atoms with E-state index < -0.39 is 11.7 Å². The third-order valence-electron chi connectivity index (χ3n) is 3.03. The molecule has 0 heterocycles. The number of hydrogen-bond donors (Lipinski definition) is 0. The first-order chi connectivity index (χ1) is 8.39. The van der Waals surface area contributed by atoms with E-state index in [2.05, 4.69) is 0 Å². The predicted octanol–water partition coefficient (Wildman–Crippen LogP) is 3.07. The van der Waals surface area contributed by atoms with Crippen LogP contribution in [0.15, 0.2) is 24.3 Å². The highest BCUT2D eigenvalue weighted by molar-refractivity contribution is 5.80. The zero-order valence-corrected chi connectivity index (χ0v) is 10.00. The number of benzene rings is 1. The Morgan fingerprint density at radius 1 is 1.33 bits per heavy atom. The molecule has 2 nitrogen and oxygen atoms in total. The van der Waals surface area contributed by atoms with Crippen molar-refractivity contribution in [3.8, 4) is 0 Å². The number of rotatable bonds is 3. The van der Waals surface area contributed by atoms with Crippen molar-refractivity contribution in [3.05, 3.63) is 35.4 Å². The molecule has 0 radical (unpaired) electrons. The number of alkyl halides is 3. The Balaban J connectivity index is 2.15. The Kier molecular flexibility index (Phi) is 3.32. The van der Waals surface area contributed by atoms with Crippen molar-refractivity contribution >= 4 is 5.91 Å². The highest BCUT2D eigenvalue weighted by Crippen LogP contribution is 2.34. The standard InChI is InChI=1S/C13H14F3NO/c1-17(12(18)9-6-7-9)8-10-4-2-3-5-11(10)13(14,15)16/h2-5,9H,6-8H2,1H3. The van der Waals surface area contributed by atoms with E-state index >= 15 is 0 Å². The van der Waals surface area contributed by atoms with Gasteiger partial charge in [-0.05, 0) is 24.5 Å². The van der Waals surface area contributed by atoms with Crippen molar-refractivity contribution in [1.29, 1.82) is 0 Å². The molecule has 0 bridgehead atoms. The zero-order chi connectivity index (χ0) is 13.3. The first-order valence-electron chi connectivity index (χ1n) is 5.79. The molecule has 5 heteroatoms. The molecule has 1 aliphatic carbocycles. The lowest BCUT2D eigenvalue weighted by atomic mass is 10.1. The maximum Gasteiger partial charge on any atom is 0.416 e. The van der Waals surface area contributed by atoms with Crippen molar-refractivity contribution in [2.45, 2.75) is 25.6 Å². The van der Waals surface area contributed by atoms with Crippen LogP contribution in [0.2, 0.25) is 0 Å². The molecule has 98 valence electrons. The van der Waals surface area contributed by atoms with Crippen LogP contribution in [0.25, 0.3) is 0 Å². The minimum Gasteiger partial charge on any atom is -0.341 e. The average Bonchev–Trinajstić information content (AvgIpc) is 3.11. The van der Waals surface area contributed by atoms with Gasteiger partial charge in [-0.1, -0.05) is 18.2 Å². The smallest absolute Gasteiger partial charge is 0.341 e. The van der Waals surface area contributed by atoms with Crippen LogP contribution >= 0.6 is 0 Å². The Labute approximate surface area is 103 Å². The van der Waals surface area contributed by atoms with Crippen LogP contribution in [-0.2, 0) is 17.5 Å². The van der Waals surface area contributed by atoms with Crippen LogP contribution < -0.4 is 0 Å². The second-order valence-corrected chi connectivity index (χ2v) is 4.62. The molecule has 0 saturated heterocycles. The summed E-state index contributed by atoms with van der Waals surface area (Å²) in [5.41, 5.74) is -0.526. The highest BCUT2D eigenvalue weighted by atomic mass is 19.4. The Hall–Kier alpha value is -1.52. The molecule has 1 fully saturated rings. The molecule has 1 aromatic carbocycles. The van der Waals surface area contributed by atoms with Crippen molar-refractivity contribution < 1.29 is 18.0 Å². The third kappa shape index (κ3) is 2.83. The number of amides is 1. The molecule has 2 rings (SSSR count). The second-order valence-electron chi connectivity index (χ2n) is 4.62. The summed E-state index contributed by atoms with van der Waals surface area (Å²) < 4.78 is 38.3. The average molecular weight is 257 g/mol.